The van der Waals surface area contributed by atoms with E-state index >= 15 is 0 Å². The summed E-state index contributed by atoms with van der Waals surface area (Å²) < 4.78 is 0.458. The maximum Gasteiger partial charge on any atom is 0.0166 e. The molecule has 150 valence electrons. The summed E-state index contributed by atoms with van der Waals surface area (Å²) in [6.07, 6.45) is 14.7. The monoisotopic (exact) mass is 470 g/mol. The van der Waals surface area contributed by atoms with E-state index in [-0.39, 0.29) is 0 Å². The summed E-state index contributed by atoms with van der Waals surface area (Å²) in [7, 11) is 0. The molecule has 0 N–H and O–H groups in total. The van der Waals surface area contributed by atoms with Crippen molar-refractivity contribution in [3.63, 3.8) is 0 Å². The van der Waals surface area contributed by atoms with E-state index in [0.717, 1.165) is 0 Å². The fourth-order valence-electron chi connectivity index (χ4n) is 3.59. The Bertz CT molecular complexity index is 507. The van der Waals surface area contributed by atoms with Crippen LogP contribution < -0.4 is 0 Å². The van der Waals surface area contributed by atoms with Gasteiger partial charge in [0.15, 0.2) is 0 Å². The maximum absolute atomic E-state index is 2.57. The fraction of sp³-hybridized carbons (Fsp3) is 0.760. The summed E-state index contributed by atoms with van der Waals surface area (Å²) >= 11 is 2.57. The Morgan fingerprint density at radius 2 is 1.27 bits per heavy atom. The zero-order valence-corrected chi connectivity index (χ0v) is 20.5. The number of hydrogen-bond acceptors (Lipinski definition) is 0. The van der Waals surface area contributed by atoms with Gasteiger partial charge >= 0.3 is 0 Å². The average molecular weight is 471 g/mol. The van der Waals surface area contributed by atoms with Crippen molar-refractivity contribution >= 4 is 22.6 Å². The summed E-state index contributed by atoms with van der Waals surface area (Å²) in [5.41, 5.74) is 5.27. The van der Waals surface area contributed by atoms with Crippen LogP contribution in [-0.2, 0) is 12.8 Å². The average Bonchev–Trinajstić information content (AvgIpc) is 2.56. The number of benzene rings is 1. The number of unbranched alkanes of at least 4 members (excludes halogenated alkanes) is 4. The van der Waals surface area contributed by atoms with Gasteiger partial charge in [0.25, 0.3) is 0 Å². The summed E-state index contributed by atoms with van der Waals surface area (Å²) in [6, 6.07) is 6.99. The smallest absolute Gasteiger partial charge is 0.0166 e. The predicted octanol–water partition coefficient (Wildman–Crippen LogP) is 8.85. The van der Waals surface area contributed by atoms with E-state index in [1.165, 1.54) is 70.6 Å². The lowest BCUT2D eigenvalue weighted by molar-refractivity contribution is 0.308. The van der Waals surface area contributed by atoms with E-state index in [2.05, 4.69) is 82.3 Å². The summed E-state index contributed by atoms with van der Waals surface area (Å²) in [5.74, 6) is 0. The quantitative estimate of drug-likeness (QED) is 0.153. The second-order valence-corrected chi connectivity index (χ2v) is 12.5. The molecule has 0 bridgehead atoms. The first-order valence-corrected chi connectivity index (χ1v) is 12.0. The van der Waals surface area contributed by atoms with E-state index in [1.807, 2.05) is 0 Å². The minimum absolute atomic E-state index is 0.458. The number of alkyl halides is 1. The predicted molar refractivity (Wildman–Crippen MR) is 128 cm³/mol. The van der Waals surface area contributed by atoms with Gasteiger partial charge in [-0.2, -0.15) is 0 Å². The van der Waals surface area contributed by atoms with Gasteiger partial charge in [0.05, 0.1) is 0 Å². The Morgan fingerprint density at radius 3 is 1.73 bits per heavy atom. The molecule has 0 aromatic heterocycles. The molecule has 26 heavy (non-hydrogen) atoms. The molecule has 0 aliphatic rings. The molecular weight excluding hydrogens is 427 g/mol. The van der Waals surface area contributed by atoms with Crippen LogP contribution in [0.5, 0.6) is 0 Å². The van der Waals surface area contributed by atoms with Crippen molar-refractivity contribution in [3.05, 3.63) is 34.9 Å². The summed E-state index contributed by atoms with van der Waals surface area (Å²) in [6.45, 7) is 14.1. The second kappa shape index (κ2) is 11.7. The van der Waals surface area contributed by atoms with Crippen molar-refractivity contribution in [2.75, 3.05) is 0 Å². The molecule has 0 radical (unpaired) electrons. The molecule has 0 saturated carbocycles. The standard InChI is InChI=1S/C25H43I/c1-7-24(3,4)19-12-8-10-15-22-17-14-18-23(21(22)2)16-11-9-13-20-25(5,6)26/h14,17-18H,7-13,15-16,19-20H2,1-6H3. The normalized spacial score (nSPS) is 12.6. The van der Waals surface area contributed by atoms with Crippen LogP contribution >= 0.6 is 22.6 Å². The van der Waals surface area contributed by atoms with Gasteiger partial charge in [0, 0.05) is 3.42 Å². The highest BCUT2D eigenvalue weighted by Crippen LogP contribution is 2.28. The zero-order chi connectivity index (χ0) is 19.6. The molecule has 0 atom stereocenters. The fourth-order valence-corrected chi connectivity index (χ4v) is 3.97. The first-order valence-electron chi connectivity index (χ1n) is 10.9. The minimum atomic E-state index is 0.458. The van der Waals surface area contributed by atoms with Crippen LogP contribution in [0.15, 0.2) is 18.2 Å². The van der Waals surface area contributed by atoms with Crippen LogP contribution in [0.4, 0.5) is 0 Å². The van der Waals surface area contributed by atoms with Crippen LogP contribution in [0, 0.1) is 12.3 Å². The molecule has 0 amide bonds. The molecular formula is C25H43I. The Morgan fingerprint density at radius 1 is 0.769 bits per heavy atom. The molecule has 0 aliphatic heterocycles. The molecule has 0 saturated heterocycles. The second-order valence-electron chi connectivity index (χ2n) is 9.56. The number of aryl methyl sites for hydroxylation is 2. The molecule has 0 unspecified atom stereocenters. The zero-order valence-electron chi connectivity index (χ0n) is 18.4. The van der Waals surface area contributed by atoms with Crippen molar-refractivity contribution in [1.82, 2.24) is 0 Å². The number of rotatable bonds is 13. The van der Waals surface area contributed by atoms with Crippen molar-refractivity contribution in [1.29, 1.82) is 0 Å². The molecule has 0 nitrogen and oxygen atoms in total. The van der Waals surface area contributed by atoms with Crippen LogP contribution in [-0.4, -0.2) is 3.42 Å². The number of hydrogen-bond donors (Lipinski definition) is 0. The van der Waals surface area contributed by atoms with Gasteiger partial charge in [0.1, 0.15) is 0 Å². The van der Waals surface area contributed by atoms with E-state index < -0.39 is 0 Å². The Kier molecular flexibility index (Phi) is 10.8. The minimum Gasteiger partial charge on any atom is -0.0795 e. The van der Waals surface area contributed by atoms with Gasteiger partial charge in [0.2, 0.25) is 0 Å². The lowest BCUT2D eigenvalue weighted by Gasteiger charge is -2.22. The van der Waals surface area contributed by atoms with Crippen LogP contribution in [0.2, 0.25) is 0 Å². The van der Waals surface area contributed by atoms with Gasteiger partial charge in [-0.25, -0.2) is 0 Å². The molecule has 1 aromatic rings. The van der Waals surface area contributed by atoms with Gasteiger partial charge in [-0.3, -0.25) is 0 Å². The van der Waals surface area contributed by atoms with Crippen molar-refractivity contribution in [2.24, 2.45) is 5.41 Å². The summed E-state index contributed by atoms with van der Waals surface area (Å²) in [5, 5.41) is 0. The van der Waals surface area contributed by atoms with Gasteiger partial charge in [-0.05, 0) is 67.6 Å². The third-order valence-corrected chi connectivity index (χ3v) is 6.57. The van der Waals surface area contributed by atoms with Crippen LogP contribution in [0.3, 0.4) is 0 Å². The largest absolute Gasteiger partial charge is 0.0795 e. The van der Waals surface area contributed by atoms with Crippen molar-refractivity contribution < 1.29 is 0 Å². The highest BCUT2D eigenvalue weighted by atomic mass is 127. The first kappa shape index (κ1) is 24.0. The lowest BCUT2D eigenvalue weighted by atomic mass is 9.84. The summed E-state index contributed by atoms with van der Waals surface area (Å²) in [4.78, 5) is 0. The van der Waals surface area contributed by atoms with Gasteiger partial charge < -0.3 is 0 Å². The van der Waals surface area contributed by atoms with E-state index in [1.54, 1.807) is 16.7 Å². The Balaban J connectivity index is 2.34. The topological polar surface area (TPSA) is 0 Å². The highest BCUT2D eigenvalue weighted by molar-refractivity contribution is 14.1. The molecule has 1 aromatic carbocycles. The molecule has 0 aliphatic carbocycles. The van der Waals surface area contributed by atoms with Crippen molar-refractivity contribution in [3.8, 4) is 0 Å². The third kappa shape index (κ3) is 10.3. The molecule has 0 heterocycles. The molecule has 1 rings (SSSR count). The van der Waals surface area contributed by atoms with Crippen molar-refractivity contribution in [2.45, 2.75) is 116 Å². The van der Waals surface area contributed by atoms with Gasteiger partial charge in [-0.1, -0.05) is 108 Å². The SMILES string of the molecule is CCC(C)(C)CCCCCc1cccc(CCCCCC(C)(C)I)c1C. The van der Waals surface area contributed by atoms with E-state index in [4.69, 9.17) is 0 Å². The Labute approximate surface area is 178 Å². The van der Waals surface area contributed by atoms with Crippen LogP contribution in [0.1, 0.15) is 109 Å². The highest BCUT2D eigenvalue weighted by Gasteiger charge is 2.14. The third-order valence-electron chi connectivity index (χ3n) is 6.03. The maximum atomic E-state index is 2.57. The van der Waals surface area contributed by atoms with Crippen LogP contribution in [0.25, 0.3) is 0 Å². The Hall–Kier alpha value is -0.0500. The van der Waals surface area contributed by atoms with Gasteiger partial charge in [-0.15, -0.1) is 0 Å². The van der Waals surface area contributed by atoms with E-state index in [9.17, 15) is 0 Å². The lowest BCUT2D eigenvalue weighted by Crippen LogP contribution is -2.08. The number of halogens is 1. The first-order chi connectivity index (χ1) is 12.1. The molecule has 1 heteroatoms. The van der Waals surface area contributed by atoms with E-state index in [0.29, 0.717) is 8.84 Å². The molecule has 0 spiro atoms. The molecule has 0 fully saturated rings.